The molecule has 110 valence electrons. The van der Waals surface area contributed by atoms with Gasteiger partial charge in [-0.15, -0.1) is 0 Å². The number of hydrogen-bond donors (Lipinski definition) is 1. The van der Waals surface area contributed by atoms with Crippen LogP contribution in [-0.4, -0.2) is 35.6 Å². The molecule has 2 saturated heterocycles. The maximum absolute atomic E-state index is 5.27. The summed E-state index contributed by atoms with van der Waals surface area (Å²) in [6.07, 6.45) is 4.31. The Morgan fingerprint density at radius 2 is 2.00 bits per heavy atom. The van der Waals surface area contributed by atoms with Gasteiger partial charge in [-0.2, -0.15) is 0 Å². The minimum absolute atomic E-state index is 0.629. The molecule has 4 rings (SSSR count). The Labute approximate surface area is 125 Å². The van der Waals surface area contributed by atoms with E-state index in [1.54, 1.807) is 6.26 Å². The first kappa shape index (κ1) is 12.9. The van der Waals surface area contributed by atoms with E-state index in [4.69, 9.17) is 4.42 Å². The fourth-order valence-corrected chi connectivity index (χ4v) is 3.59. The lowest BCUT2D eigenvalue weighted by Crippen LogP contribution is -2.39. The van der Waals surface area contributed by atoms with Crippen molar-refractivity contribution in [3.8, 4) is 11.3 Å². The summed E-state index contributed by atoms with van der Waals surface area (Å²) < 4.78 is 5.27. The van der Waals surface area contributed by atoms with Gasteiger partial charge < -0.3 is 14.6 Å². The predicted molar refractivity (Wildman–Crippen MR) is 83.3 cm³/mol. The van der Waals surface area contributed by atoms with E-state index in [-0.39, 0.29) is 0 Å². The van der Waals surface area contributed by atoms with Gasteiger partial charge in [-0.1, -0.05) is 12.1 Å². The molecular weight excluding hydrogens is 262 g/mol. The van der Waals surface area contributed by atoms with Crippen molar-refractivity contribution in [2.24, 2.45) is 5.92 Å². The van der Waals surface area contributed by atoms with E-state index in [0.29, 0.717) is 11.9 Å². The molecule has 2 aliphatic heterocycles. The summed E-state index contributed by atoms with van der Waals surface area (Å²) in [6, 6.07) is 9.16. The summed E-state index contributed by atoms with van der Waals surface area (Å²) in [4.78, 5) is 6.95. The van der Waals surface area contributed by atoms with Crippen LogP contribution < -0.4 is 5.32 Å². The van der Waals surface area contributed by atoms with Crippen LogP contribution in [0, 0.1) is 12.8 Å². The second kappa shape index (κ2) is 5.19. The molecule has 2 bridgehead atoms. The molecule has 0 spiro atoms. The standard InChI is InChI=1S/C17H21N3O/c1-12-18-17(11-21-12)13-2-4-15(5-3-13)19-16-7-9-20-8-6-14(16)10-20/h2-5,11,14,16,19H,6-10H2,1H3. The lowest BCUT2D eigenvalue weighted by atomic mass is 9.94. The van der Waals surface area contributed by atoms with Crippen molar-refractivity contribution in [2.45, 2.75) is 25.8 Å². The minimum atomic E-state index is 0.629. The van der Waals surface area contributed by atoms with E-state index in [0.717, 1.165) is 17.2 Å². The maximum Gasteiger partial charge on any atom is 0.191 e. The lowest BCUT2D eigenvalue weighted by molar-refractivity contribution is 0.255. The maximum atomic E-state index is 5.27. The molecular formula is C17H21N3O. The zero-order chi connectivity index (χ0) is 14.2. The first-order valence-corrected chi connectivity index (χ1v) is 7.79. The first-order chi connectivity index (χ1) is 10.3. The normalized spacial score (nSPS) is 27.8. The molecule has 1 aromatic carbocycles. The number of aromatic nitrogens is 1. The van der Waals surface area contributed by atoms with E-state index in [1.807, 2.05) is 6.92 Å². The van der Waals surface area contributed by atoms with Crippen LogP contribution in [0.15, 0.2) is 34.9 Å². The molecule has 0 aliphatic carbocycles. The zero-order valence-corrected chi connectivity index (χ0v) is 12.4. The van der Waals surface area contributed by atoms with Crippen molar-refractivity contribution in [3.05, 3.63) is 36.4 Å². The summed E-state index contributed by atoms with van der Waals surface area (Å²) in [6.45, 7) is 5.67. The van der Waals surface area contributed by atoms with Crippen molar-refractivity contribution >= 4 is 5.69 Å². The molecule has 3 unspecified atom stereocenters. The molecule has 0 amide bonds. The Hall–Kier alpha value is -1.81. The number of rotatable bonds is 3. The summed E-state index contributed by atoms with van der Waals surface area (Å²) in [5.41, 5.74) is 3.22. The van der Waals surface area contributed by atoms with Crippen LogP contribution >= 0.6 is 0 Å². The number of benzene rings is 1. The summed E-state index contributed by atoms with van der Waals surface area (Å²) >= 11 is 0. The lowest BCUT2D eigenvalue weighted by Gasteiger charge is -2.31. The monoisotopic (exact) mass is 283 g/mol. The number of nitrogens with one attached hydrogen (secondary N) is 1. The second-order valence-corrected chi connectivity index (χ2v) is 6.22. The van der Waals surface area contributed by atoms with E-state index in [1.165, 1.54) is 38.2 Å². The molecule has 21 heavy (non-hydrogen) atoms. The van der Waals surface area contributed by atoms with Gasteiger partial charge in [-0.25, -0.2) is 4.98 Å². The largest absolute Gasteiger partial charge is 0.449 e. The number of nitrogens with zero attached hydrogens (tertiary/aromatic N) is 2. The highest BCUT2D eigenvalue weighted by Crippen LogP contribution is 2.30. The van der Waals surface area contributed by atoms with Crippen LogP contribution in [0.3, 0.4) is 0 Å². The molecule has 2 fully saturated rings. The third-order valence-electron chi connectivity index (χ3n) is 4.79. The van der Waals surface area contributed by atoms with Gasteiger partial charge in [0.05, 0.1) is 0 Å². The Kier molecular flexibility index (Phi) is 3.19. The van der Waals surface area contributed by atoms with Gasteiger partial charge in [-0.05, 0) is 37.4 Å². The van der Waals surface area contributed by atoms with Gasteiger partial charge in [0.1, 0.15) is 12.0 Å². The van der Waals surface area contributed by atoms with Gasteiger partial charge >= 0.3 is 0 Å². The Morgan fingerprint density at radius 1 is 1.19 bits per heavy atom. The number of oxazole rings is 1. The van der Waals surface area contributed by atoms with Crippen molar-refractivity contribution in [2.75, 3.05) is 25.0 Å². The summed E-state index contributed by atoms with van der Waals surface area (Å²) in [5, 5.41) is 3.72. The zero-order valence-electron chi connectivity index (χ0n) is 12.4. The fraction of sp³-hybridized carbons (Fsp3) is 0.471. The Balaban J connectivity index is 1.46. The van der Waals surface area contributed by atoms with Gasteiger partial charge in [-0.3, -0.25) is 0 Å². The molecule has 0 radical (unpaired) electrons. The molecule has 3 atom stereocenters. The Morgan fingerprint density at radius 3 is 2.76 bits per heavy atom. The van der Waals surface area contributed by atoms with Gasteiger partial charge in [0.15, 0.2) is 5.89 Å². The highest BCUT2D eigenvalue weighted by atomic mass is 16.3. The van der Waals surface area contributed by atoms with Crippen LogP contribution in [-0.2, 0) is 0 Å². The molecule has 4 nitrogen and oxygen atoms in total. The molecule has 1 N–H and O–H groups in total. The van der Waals surface area contributed by atoms with Gasteiger partial charge in [0.2, 0.25) is 0 Å². The SMILES string of the molecule is Cc1nc(-c2ccc(NC3CCN4CCC3C4)cc2)co1. The quantitative estimate of drug-likeness (QED) is 0.939. The van der Waals surface area contributed by atoms with Crippen LogP contribution in [0.5, 0.6) is 0 Å². The van der Waals surface area contributed by atoms with Crippen LogP contribution in [0.4, 0.5) is 5.69 Å². The van der Waals surface area contributed by atoms with Crippen molar-refractivity contribution in [3.63, 3.8) is 0 Å². The number of aryl methyl sites for hydroxylation is 1. The van der Waals surface area contributed by atoms with Gasteiger partial charge in [0.25, 0.3) is 0 Å². The minimum Gasteiger partial charge on any atom is -0.449 e. The van der Waals surface area contributed by atoms with Gasteiger partial charge in [0, 0.05) is 37.3 Å². The van der Waals surface area contributed by atoms with E-state index in [2.05, 4.69) is 39.5 Å². The third kappa shape index (κ3) is 2.56. The Bertz CT molecular complexity index is 619. The molecule has 1 aromatic heterocycles. The van der Waals surface area contributed by atoms with Crippen molar-refractivity contribution in [1.29, 1.82) is 0 Å². The van der Waals surface area contributed by atoms with Crippen LogP contribution in [0.25, 0.3) is 11.3 Å². The average Bonchev–Trinajstić information content (AvgIpc) is 3.10. The number of anilines is 1. The van der Waals surface area contributed by atoms with E-state index >= 15 is 0 Å². The summed E-state index contributed by atoms with van der Waals surface area (Å²) in [7, 11) is 0. The first-order valence-electron chi connectivity index (χ1n) is 7.79. The second-order valence-electron chi connectivity index (χ2n) is 6.22. The number of fused-ring (bicyclic) bond motifs is 2. The summed E-state index contributed by atoms with van der Waals surface area (Å²) in [5.74, 6) is 1.52. The molecule has 3 heterocycles. The van der Waals surface area contributed by atoms with Crippen LogP contribution in [0.1, 0.15) is 18.7 Å². The molecule has 0 saturated carbocycles. The van der Waals surface area contributed by atoms with Crippen LogP contribution in [0.2, 0.25) is 0 Å². The molecule has 2 aromatic rings. The number of hydrogen-bond acceptors (Lipinski definition) is 4. The highest BCUT2D eigenvalue weighted by molar-refractivity contribution is 5.62. The smallest absolute Gasteiger partial charge is 0.191 e. The topological polar surface area (TPSA) is 41.3 Å². The molecule has 2 aliphatic rings. The number of piperidine rings is 1. The van der Waals surface area contributed by atoms with E-state index in [9.17, 15) is 0 Å². The van der Waals surface area contributed by atoms with E-state index < -0.39 is 0 Å². The van der Waals surface area contributed by atoms with Crippen molar-refractivity contribution < 1.29 is 4.42 Å². The fourth-order valence-electron chi connectivity index (χ4n) is 3.59. The van der Waals surface area contributed by atoms with Crippen molar-refractivity contribution in [1.82, 2.24) is 9.88 Å². The third-order valence-corrected chi connectivity index (χ3v) is 4.79. The molecule has 4 heteroatoms. The average molecular weight is 283 g/mol. The predicted octanol–water partition coefficient (Wildman–Crippen LogP) is 3.16. The highest BCUT2D eigenvalue weighted by Gasteiger charge is 2.33.